The number of rotatable bonds is 10. The van der Waals surface area contributed by atoms with Gasteiger partial charge in [0.15, 0.2) is 0 Å². The molecule has 15 heavy (non-hydrogen) atoms. The fourth-order valence-corrected chi connectivity index (χ4v) is 1.60. The van der Waals surface area contributed by atoms with Crippen LogP contribution < -0.4 is 5.43 Å². The second kappa shape index (κ2) is 9.97. The second-order valence-electron chi connectivity index (χ2n) is 4.08. The molecule has 0 aromatic heterocycles. The van der Waals surface area contributed by atoms with Gasteiger partial charge in [0.2, 0.25) is 6.41 Å². The van der Waals surface area contributed by atoms with E-state index in [4.69, 9.17) is 0 Å². The van der Waals surface area contributed by atoms with Gasteiger partial charge >= 0.3 is 0 Å². The fraction of sp³-hybridized carbons (Fsp3) is 0.917. The molecule has 0 rings (SSSR count). The lowest BCUT2D eigenvalue weighted by molar-refractivity contribution is -0.121. The Hall–Kier alpha value is -0.570. The van der Waals surface area contributed by atoms with Crippen molar-refractivity contribution in [3.05, 3.63) is 0 Å². The summed E-state index contributed by atoms with van der Waals surface area (Å²) in [7, 11) is 0. The van der Waals surface area contributed by atoms with Crippen LogP contribution in [-0.2, 0) is 4.79 Å². The molecule has 0 spiro atoms. The number of nitrogens with one attached hydrogen (secondary N) is 1. The van der Waals surface area contributed by atoms with E-state index in [2.05, 4.69) is 26.2 Å². The molecule has 1 N–H and O–H groups in total. The van der Waals surface area contributed by atoms with E-state index in [0.29, 0.717) is 5.92 Å². The van der Waals surface area contributed by atoms with Gasteiger partial charge in [0, 0.05) is 13.1 Å². The number of hydrogen-bond donors (Lipinski definition) is 1. The van der Waals surface area contributed by atoms with Crippen molar-refractivity contribution in [3.63, 3.8) is 0 Å². The first kappa shape index (κ1) is 14.4. The van der Waals surface area contributed by atoms with Crippen molar-refractivity contribution < 1.29 is 4.79 Å². The van der Waals surface area contributed by atoms with E-state index in [9.17, 15) is 4.79 Å². The van der Waals surface area contributed by atoms with Crippen molar-refractivity contribution in [3.8, 4) is 0 Å². The van der Waals surface area contributed by atoms with Crippen LogP contribution in [0.15, 0.2) is 0 Å². The Morgan fingerprint density at radius 1 is 1.27 bits per heavy atom. The third kappa shape index (κ3) is 7.37. The van der Waals surface area contributed by atoms with E-state index in [1.807, 2.05) is 0 Å². The van der Waals surface area contributed by atoms with Crippen LogP contribution in [0.2, 0.25) is 0 Å². The lowest BCUT2D eigenvalue weighted by Crippen LogP contribution is -2.40. The standard InChI is InChI=1S/C12H26N2O/c1-4-7-8-12(6-3)10-13-14(11-15)9-5-2/h11-13H,4-10H2,1-3H3. The maximum atomic E-state index is 10.7. The first-order valence-corrected chi connectivity index (χ1v) is 6.23. The lowest BCUT2D eigenvalue weighted by atomic mass is 10.00. The summed E-state index contributed by atoms with van der Waals surface area (Å²) in [5.41, 5.74) is 3.20. The average Bonchev–Trinajstić information content (AvgIpc) is 2.27. The summed E-state index contributed by atoms with van der Waals surface area (Å²) >= 11 is 0. The minimum absolute atomic E-state index is 0.698. The van der Waals surface area contributed by atoms with Crippen molar-refractivity contribution >= 4 is 6.41 Å². The van der Waals surface area contributed by atoms with E-state index in [0.717, 1.165) is 25.9 Å². The molecule has 90 valence electrons. The predicted molar refractivity (Wildman–Crippen MR) is 64.4 cm³/mol. The number of hydrazine groups is 1. The molecule has 0 bridgehead atoms. The Bertz CT molecular complexity index is 151. The monoisotopic (exact) mass is 214 g/mol. The van der Waals surface area contributed by atoms with Crippen molar-refractivity contribution in [2.45, 2.75) is 52.9 Å². The Morgan fingerprint density at radius 2 is 2.00 bits per heavy atom. The van der Waals surface area contributed by atoms with Gasteiger partial charge in [-0.3, -0.25) is 9.80 Å². The molecular formula is C12H26N2O. The topological polar surface area (TPSA) is 32.3 Å². The molecule has 0 aromatic carbocycles. The van der Waals surface area contributed by atoms with Gasteiger partial charge in [-0.15, -0.1) is 0 Å². The van der Waals surface area contributed by atoms with Crippen LogP contribution in [0.5, 0.6) is 0 Å². The van der Waals surface area contributed by atoms with Crippen molar-refractivity contribution in [2.75, 3.05) is 13.1 Å². The smallest absolute Gasteiger partial charge is 0.223 e. The predicted octanol–water partition coefficient (Wildman–Crippen LogP) is 2.58. The minimum Gasteiger partial charge on any atom is -0.281 e. The Morgan fingerprint density at radius 3 is 2.47 bits per heavy atom. The van der Waals surface area contributed by atoms with Gasteiger partial charge in [-0.25, -0.2) is 5.43 Å². The number of unbranched alkanes of at least 4 members (excludes halogenated alkanes) is 1. The zero-order valence-corrected chi connectivity index (χ0v) is 10.5. The van der Waals surface area contributed by atoms with E-state index in [-0.39, 0.29) is 0 Å². The minimum atomic E-state index is 0.698. The van der Waals surface area contributed by atoms with Gasteiger partial charge in [-0.05, 0) is 18.8 Å². The van der Waals surface area contributed by atoms with Crippen LogP contribution in [0.25, 0.3) is 0 Å². The summed E-state index contributed by atoms with van der Waals surface area (Å²) in [4.78, 5) is 10.7. The highest BCUT2D eigenvalue weighted by Gasteiger charge is 2.07. The van der Waals surface area contributed by atoms with Gasteiger partial charge in [0.05, 0.1) is 0 Å². The average molecular weight is 214 g/mol. The number of carbonyl (C=O) groups excluding carboxylic acids is 1. The van der Waals surface area contributed by atoms with Gasteiger partial charge in [-0.1, -0.05) is 40.0 Å². The summed E-state index contributed by atoms with van der Waals surface area (Å²) in [5, 5.41) is 1.66. The SMILES string of the molecule is CCCCC(CC)CNN(C=O)CCC. The Balaban J connectivity index is 3.70. The highest BCUT2D eigenvalue weighted by molar-refractivity contribution is 5.45. The normalized spacial score (nSPS) is 12.5. The Labute approximate surface area is 94.2 Å². The van der Waals surface area contributed by atoms with Gasteiger partial charge in [-0.2, -0.15) is 0 Å². The molecular weight excluding hydrogens is 188 g/mol. The molecule has 1 atom stereocenters. The van der Waals surface area contributed by atoms with Gasteiger partial charge < -0.3 is 0 Å². The number of hydrogen-bond acceptors (Lipinski definition) is 2. The molecule has 3 nitrogen and oxygen atoms in total. The molecule has 1 amide bonds. The quantitative estimate of drug-likeness (QED) is 0.448. The zero-order valence-electron chi connectivity index (χ0n) is 10.5. The third-order valence-electron chi connectivity index (χ3n) is 2.72. The first-order chi connectivity index (χ1) is 7.28. The van der Waals surface area contributed by atoms with Crippen molar-refractivity contribution in [1.82, 2.24) is 10.4 Å². The molecule has 1 unspecified atom stereocenters. The van der Waals surface area contributed by atoms with Crippen LogP contribution >= 0.6 is 0 Å². The zero-order chi connectivity index (χ0) is 11.5. The molecule has 0 radical (unpaired) electrons. The number of amides is 1. The molecule has 0 fully saturated rings. The Kier molecular flexibility index (Phi) is 9.59. The summed E-state index contributed by atoms with van der Waals surface area (Å²) in [6.07, 6.45) is 6.87. The van der Waals surface area contributed by atoms with E-state index >= 15 is 0 Å². The highest BCUT2D eigenvalue weighted by atomic mass is 16.1. The summed E-state index contributed by atoms with van der Waals surface area (Å²) < 4.78 is 0. The molecule has 0 aliphatic carbocycles. The van der Waals surface area contributed by atoms with Crippen LogP contribution in [0.1, 0.15) is 52.9 Å². The summed E-state index contributed by atoms with van der Waals surface area (Å²) in [5.74, 6) is 0.698. The van der Waals surface area contributed by atoms with E-state index in [1.165, 1.54) is 25.7 Å². The van der Waals surface area contributed by atoms with Crippen molar-refractivity contribution in [1.29, 1.82) is 0 Å². The molecule has 0 aromatic rings. The maximum absolute atomic E-state index is 10.7. The molecule has 0 saturated carbocycles. The molecule has 3 heteroatoms. The molecule has 0 saturated heterocycles. The fourth-order valence-electron chi connectivity index (χ4n) is 1.60. The maximum Gasteiger partial charge on any atom is 0.223 e. The van der Waals surface area contributed by atoms with Crippen LogP contribution in [0, 0.1) is 5.92 Å². The molecule has 0 aliphatic heterocycles. The number of nitrogens with zero attached hydrogens (tertiary/aromatic N) is 1. The van der Waals surface area contributed by atoms with Crippen LogP contribution in [0.4, 0.5) is 0 Å². The first-order valence-electron chi connectivity index (χ1n) is 6.23. The summed E-state index contributed by atoms with van der Waals surface area (Å²) in [6, 6.07) is 0. The lowest BCUT2D eigenvalue weighted by Gasteiger charge is -2.22. The van der Waals surface area contributed by atoms with Crippen LogP contribution in [-0.4, -0.2) is 24.5 Å². The van der Waals surface area contributed by atoms with E-state index < -0.39 is 0 Å². The largest absolute Gasteiger partial charge is 0.281 e. The summed E-state index contributed by atoms with van der Waals surface area (Å²) in [6.45, 7) is 8.23. The van der Waals surface area contributed by atoms with E-state index in [1.54, 1.807) is 5.01 Å². The van der Waals surface area contributed by atoms with Gasteiger partial charge in [0.25, 0.3) is 0 Å². The van der Waals surface area contributed by atoms with Crippen molar-refractivity contribution in [2.24, 2.45) is 5.92 Å². The van der Waals surface area contributed by atoms with Gasteiger partial charge in [0.1, 0.15) is 0 Å². The number of carbonyl (C=O) groups is 1. The molecule has 0 aliphatic rings. The second-order valence-corrected chi connectivity index (χ2v) is 4.08. The highest BCUT2D eigenvalue weighted by Crippen LogP contribution is 2.11. The van der Waals surface area contributed by atoms with Crippen LogP contribution in [0.3, 0.4) is 0 Å². The third-order valence-corrected chi connectivity index (χ3v) is 2.72. The molecule has 0 heterocycles.